The Balaban J connectivity index is 1.56. The summed E-state index contributed by atoms with van der Waals surface area (Å²) in [7, 11) is 1.61. The minimum atomic E-state index is 0.218. The molecular formula is C18H23N5O3. The minimum absolute atomic E-state index is 0.218. The predicted molar refractivity (Wildman–Crippen MR) is 95.6 cm³/mol. The third-order valence-electron chi connectivity index (χ3n) is 4.83. The van der Waals surface area contributed by atoms with Gasteiger partial charge in [0.25, 0.3) is 0 Å². The molecule has 1 atom stereocenters. The van der Waals surface area contributed by atoms with E-state index < -0.39 is 0 Å². The fourth-order valence-corrected chi connectivity index (χ4v) is 3.38. The first-order valence-electron chi connectivity index (χ1n) is 8.85. The highest BCUT2D eigenvalue weighted by molar-refractivity contribution is 5.97. The molecule has 138 valence electrons. The Morgan fingerprint density at radius 1 is 1.27 bits per heavy atom. The summed E-state index contributed by atoms with van der Waals surface area (Å²) in [6.45, 7) is 4.12. The molecule has 0 bridgehead atoms. The summed E-state index contributed by atoms with van der Waals surface area (Å²) in [6, 6.07) is 4.08. The molecule has 2 aromatic heterocycles. The van der Waals surface area contributed by atoms with E-state index in [-0.39, 0.29) is 6.04 Å². The number of aromatic nitrogens is 3. The topological polar surface area (TPSA) is 82.8 Å². The SMILES string of the molecule is COc1nc(C2=NOCC(C3CCOCC3)N2)ccc1-n1cnc(C)c1. The number of nitrogens with zero attached hydrogens (tertiary/aromatic N) is 4. The van der Waals surface area contributed by atoms with Crippen molar-refractivity contribution in [2.75, 3.05) is 26.9 Å². The van der Waals surface area contributed by atoms with Crippen LogP contribution in [0.5, 0.6) is 5.88 Å². The number of oxime groups is 1. The van der Waals surface area contributed by atoms with Crippen LogP contribution in [0.25, 0.3) is 5.69 Å². The second kappa shape index (κ2) is 7.33. The number of pyridine rings is 1. The molecule has 2 aliphatic heterocycles. The van der Waals surface area contributed by atoms with E-state index in [0.29, 0.717) is 29.9 Å². The van der Waals surface area contributed by atoms with E-state index in [1.54, 1.807) is 13.4 Å². The molecule has 1 saturated heterocycles. The van der Waals surface area contributed by atoms with Gasteiger partial charge in [-0.25, -0.2) is 9.97 Å². The molecule has 0 saturated carbocycles. The van der Waals surface area contributed by atoms with Gasteiger partial charge in [-0.1, -0.05) is 5.16 Å². The average molecular weight is 357 g/mol. The van der Waals surface area contributed by atoms with Crippen LogP contribution in [0.1, 0.15) is 24.2 Å². The lowest BCUT2D eigenvalue weighted by atomic mass is 9.92. The Kier molecular flexibility index (Phi) is 4.75. The fraction of sp³-hybridized carbons (Fsp3) is 0.500. The van der Waals surface area contributed by atoms with Gasteiger partial charge in [-0.3, -0.25) is 0 Å². The first-order chi connectivity index (χ1) is 12.7. The predicted octanol–water partition coefficient (Wildman–Crippen LogP) is 1.66. The normalized spacial score (nSPS) is 20.8. The van der Waals surface area contributed by atoms with Crippen LogP contribution in [0.3, 0.4) is 0 Å². The van der Waals surface area contributed by atoms with E-state index in [2.05, 4.69) is 20.4 Å². The molecule has 1 unspecified atom stereocenters. The van der Waals surface area contributed by atoms with Gasteiger partial charge in [0.1, 0.15) is 18.0 Å². The van der Waals surface area contributed by atoms with Crippen LogP contribution >= 0.6 is 0 Å². The van der Waals surface area contributed by atoms with Crippen LogP contribution < -0.4 is 10.1 Å². The number of amidine groups is 1. The zero-order chi connectivity index (χ0) is 17.9. The maximum Gasteiger partial charge on any atom is 0.238 e. The van der Waals surface area contributed by atoms with E-state index in [1.165, 1.54) is 0 Å². The van der Waals surface area contributed by atoms with Crippen molar-refractivity contribution in [2.24, 2.45) is 11.1 Å². The number of methoxy groups -OCH3 is 1. The molecule has 0 amide bonds. The number of ether oxygens (including phenoxy) is 2. The highest BCUT2D eigenvalue weighted by Crippen LogP contribution is 2.24. The average Bonchev–Trinajstić information content (AvgIpc) is 3.14. The Bertz CT molecular complexity index is 798. The van der Waals surface area contributed by atoms with Crippen molar-refractivity contribution >= 4 is 5.84 Å². The largest absolute Gasteiger partial charge is 0.479 e. The number of hydrogen-bond acceptors (Lipinski definition) is 7. The molecule has 2 aromatic rings. The molecular weight excluding hydrogens is 334 g/mol. The molecule has 0 spiro atoms. The molecule has 4 heterocycles. The second-order valence-corrected chi connectivity index (χ2v) is 6.58. The van der Waals surface area contributed by atoms with Gasteiger partial charge < -0.3 is 24.2 Å². The third kappa shape index (κ3) is 3.37. The van der Waals surface area contributed by atoms with Crippen molar-refractivity contribution in [1.82, 2.24) is 19.9 Å². The van der Waals surface area contributed by atoms with Crippen molar-refractivity contribution in [3.63, 3.8) is 0 Å². The van der Waals surface area contributed by atoms with Gasteiger partial charge in [0.15, 0.2) is 5.84 Å². The van der Waals surface area contributed by atoms with Crippen molar-refractivity contribution in [2.45, 2.75) is 25.8 Å². The maximum absolute atomic E-state index is 5.48. The van der Waals surface area contributed by atoms with Crippen molar-refractivity contribution < 1.29 is 14.3 Å². The molecule has 0 aromatic carbocycles. The summed E-state index contributed by atoms with van der Waals surface area (Å²) in [4.78, 5) is 14.3. The standard InChI is InChI=1S/C18H23N5O3/c1-12-9-23(11-19-12)16-4-3-14(21-18(16)24-2)17-20-15(10-26-22-17)13-5-7-25-8-6-13/h3-4,9,11,13,15H,5-8,10H2,1-2H3,(H,20,22). The van der Waals surface area contributed by atoms with Gasteiger partial charge in [0.05, 0.1) is 25.2 Å². The maximum atomic E-state index is 5.48. The zero-order valence-electron chi connectivity index (χ0n) is 15.0. The number of hydrogen-bond donors (Lipinski definition) is 1. The summed E-state index contributed by atoms with van der Waals surface area (Å²) < 4.78 is 12.8. The lowest BCUT2D eigenvalue weighted by Gasteiger charge is -2.33. The van der Waals surface area contributed by atoms with Crippen LogP contribution in [0.2, 0.25) is 0 Å². The van der Waals surface area contributed by atoms with Crippen LogP contribution in [0, 0.1) is 12.8 Å². The molecule has 8 nitrogen and oxygen atoms in total. The third-order valence-corrected chi connectivity index (χ3v) is 4.83. The lowest BCUT2D eigenvalue weighted by Crippen LogP contribution is -2.48. The van der Waals surface area contributed by atoms with Crippen molar-refractivity contribution in [3.05, 3.63) is 36.0 Å². The smallest absolute Gasteiger partial charge is 0.238 e. The molecule has 0 aliphatic carbocycles. The highest BCUT2D eigenvalue weighted by atomic mass is 16.6. The molecule has 2 aliphatic rings. The highest BCUT2D eigenvalue weighted by Gasteiger charge is 2.29. The van der Waals surface area contributed by atoms with Gasteiger partial charge in [-0.15, -0.1) is 0 Å². The Hall–Kier alpha value is -2.61. The first kappa shape index (κ1) is 16.8. The van der Waals surface area contributed by atoms with Crippen molar-refractivity contribution in [1.29, 1.82) is 0 Å². The molecule has 26 heavy (non-hydrogen) atoms. The van der Waals surface area contributed by atoms with E-state index in [4.69, 9.17) is 14.3 Å². The van der Waals surface area contributed by atoms with Gasteiger partial charge in [-0.2, -0.15) is 0 Å². The lowest BCUT2D eigenvalue weighted by molar-refractivity contribution is 0.0275. The summed E-state index contributed by atoms with van der Waals surface area (Å²) in [5, 5.41) is 7.65. The Labute approximate surface area is 152 Å². The summed E-state index contributed by atoms with van der Waals surface area (Å²) in [6.07, 6.45) is 5.74. The summed E-state index contributed by atoms with van der Waals surface area (Å²) in [5.41, 5.74) is 2.46. The van der Waals surface area contributed by atoms with E-state index >= 15 is 0 Å². The van der Waals surface area contributed by atoms with Crippen molar-refractivity contribution in [3.8, 4) is 11.6 Å². The molecule has 1 fully saturated rings. The number of nitrogens with one attached hydrogen (secondary N) is 1. The molecule has 8 heteroatoms. The summed E-state index contributed by atoms with van der Waals surface area (Å²) >= 11 is 0. The minimum Gasteiger partial charge on any atom is -0.479 e. The monoisotopic (exact) mass is 357 g/mol. The summed E-state index contributed by atoms with van der Waals surface area (Å²) in [5.74, 6) is 1.67. The van der Waals surface area contributed by atoms with Crippen LogP contribution in [0.4, 0.5) is 0 Å². The van der Waals surface area contributed by atoms with Gasteiger partial charge in [0, 0.05) is 19.4 Å². The first-order valence-corrected chi connectivity index (χ1v) is 8.85. The van der Waals surface area contributed by atoms with E-state index in [1.807, 2.05) is 29.8 Å². The number of aryl methyl sites for hydroxylation is 1. The van der Waals surface area contributed by atoms with Crippen LogP contribution in [0.15, 0.2) is 29.8 Å². The Morgan fingerprint density at radius 2 is 2.12 bits per heavy atom. The van der Waals surface area contributed by atoms with E-state index in [9.17, 15) is 0 Å². The fourth-order valence-electron chi connectivity index (χ4n) is 3.38. The van der Waals surface area contributed by atoms with Crippen LogP contribution in [-0.2, 0) is 9.57 Å². The van der Waals surface area contributed by atoms with Gasteiger partial charge in [0.2, 0.25) is 5.88 Å². The van der Waals surface area contributed by atoms with Gasteiger partial charge >= 0.3 is 0 Å². The quantitative estimate of drug-likeness (QED) is 0.896. The molecule has 0 radical (unpaired) electrons. The molecule has 1 N–H and O–H groups in total. The second-order valence-electron chi connectivity index (χ2n) is 6.58. The number of imidazole rings is 1. The number of rotatable bonds is 4. The van der Waals surface area contributed by atoms with E-state index in [0.717, 1.165) is 37.4 Å². The molecule has 4 rings (SSSR count). The van der Waals surface area contributed by atoms with Crippen LogP contribution in [-0.4, -0.2) is 53.3 Å². The zero-order valence-corrected chi connectivity index (χ0v) is 15.0. The Morgan fingerprint density at radius 3 is 2.85 bits per heavy atom. The van der Waals surface area contributed by atoms with Gasteiger partial charge in [-0.05, 0) is 37.8 Å².